The predicted octanol–water partition coefficient (Wildman–Crippen LogP) is 3.18. The maximum absolute atomic E-state index is 12.6. The Morgan fingerprint density at radius 3 is 2.16 bits per heavy atom. The molecular weight excluding hydrogens is 328 g/mol. The molecule has 1 N–H and O–H groups in total. The number of rotatable bonds is 6. The van der Waals surface area contributed by atoms with Gasteiger partial charge >= 0.3 is 0 Å². The van der Waals surface area contributed by atoms with Crippen molar-refractivity contribution in [2.24, 2.45) is 0 Å². The molecule has 2 aromatic rings. The summed E-state index contributed by atoms with van der Waals surface area (Å²) >= 11 is 0. The lowest BCUT2D eigenvalue weighted by Crippen LogP contribution is -2.14. The van der Waals surface area contributed by atoms with Crippen LogP contribution in [0.2, 0.25) is 0 Å². The number of nitrogens with zero attached hydrogens (tertiary/aromatic N) is 1. The Balaban J connectivity index is 2.41. The summed E-state index contributed by atoms with van der Waals surface area (Å²) in [4.78, 5) is 23.0. The first kappa shape index (κ1) is 18.1. The second kappa shape index (κ2) is 7.52. The minimum Gasteiger partial charge on any atom is -0.496 e. The van der Waals surface area contributed by atoms with Crippen LogP contribution in [0.1, 0.15) is 15.9 Å². The summed E-state index contributed by atoms with van der Waals surface area (Å²) in [6.07, 6.45) is 0. The molecule has 0 unspecified atom stereocenters. The van der Waals surface area contributed by atoms with E-state index in [1.807, 2.05) is 0 Å². The third-order valence-corrected chi connectivity index (χ3v) is 3.63. The Bertz CT molecular complexity index is 819. The zero-order valence-electron chi connectivity index (χ0n) is 14.3. The van der Waals surface area contributed by atoms with Gasteiger partial charge in [0.25, 0.3) is 11.6 Å². The molecule has 0 aliphatic carbocycles. The molecule has 1 amide bonds. The second-order valence-corrected chi connectivity index (χ2v) is 5.12. The summed E-state index contributed by atoms with van der Waals surface area (Å²) in [7, 11) is 4.36. The van der Waals surface area contributed by atoms with Crippen LogP contribution in [0.3, 0.4) is 0 Å². The highest BCUT2D eigenvalue weighted by atomic mass is 16.6. The van der Waals surface area contributed by atoms with Crippen molar-refractivity contribution >= 4 is 17.3 Å². The zero-order valence-corrected chi connectivity index (χ0v) is 14.3. The lowest BCUT2D eigenvalue weighted by molar-refractivity contribution is -0.384. The zero-order chi connectivity index (χ0) is 18.6. The maximum atomic E-state index is 12.6. The fourth-order valence-corrected chi connectivity index (χ4v) is 2.25. The number of benzene rings is 2. The van der Waals surface area contributed by atoms with Crippen LogP contribution in [0, 0.1) is 17.0 Å². The fourth-order valence-electron chi connectivity index (χ4n) is 2.25. The summed E-state index contributed by atoms with van der Waals surface area (Å²) in [5.41, 5.74) is 1.14. The van der Waals surface area contributed by atoms with Gasteiger partial charge in [0.1, 0.15) is 5.75 Å². The molecule has 0 radical (unpaired) electrons. The molecule has 132 valence electrons. The highest BCUT2D eigenvalue weighted by Crippen LogP contribution is 2.35. The number of ether oxygens (including phenoxy) is 3. The molecule has 0 aromatic heterocycles. The highest BCUT2D eigenvalue weighted by Gasteiger charge is 2.19. The van der Waals surface area contributed by atoms with Crippen LogP contribution in [0.5, 0.6) is 17.2 Å². The summed E-state index contributed by atoms with van der Waals surface area (Å²) in [6, 6.07) is 7.27. The molecule has 0 spiro atoms. The number of nitro groups is 1. The van der Waals surface area contributed by atoms with Crippen LogP contribution in [0.15, 0.2) is 30.3 Å². The lowest BCUT2D eigenvalue weighted by atomic mass is 10.1. The quantitative estimate of drug-likeness (QED) is 0.637. The van der Waals surface area contributed by atoms with Gasteiger partial charge in [0.05, 0.1) is 37.5 Å². The molecule has 0 saturated carbocycles. The summed E-state index contributed by atoms with van der Waals surface area (Å²) in [5.74, 6) is 0.589. The molecule has 0 heterocycles. The summed E-state index contributed by atoms with van der Waals surface area (Å²) in [6.45, 7) is 1.74. The van der Waals surface area contributed by atoms with E-state index < -0.39 is 10.8 Å². The van der Waals surface area contributed by atoms with Crippen LogP contribution in [0.4, 0.5) is 11.4 Å². The molecular formula is C17H18N2O6. The third-order valence-electron chi connectivity index (χ3n) is 3.63. The minimum absolute atomic E-state index is 0.111. The van der Waals surface area contributed by atoms with Gasteiger partial charge in [-0.05, 0) is 12.5 Å². The first-order valence-electron chi connectivity index (χ1n) is 7.27. The van der Waals surface area contributed by atoms with Gasteiger partial charge in [0.2, 0.25) is 0 Å². The smallest absolute Gasteiger partial charge is 0.271 e. The number of carbonyl (C=O) groups excluding carboxylic acids is 1. The molecule has 8 nitrogen and oxygen atoms in total. The number of aryl methyl sites for hydroxylation is 1. The van der Waals surface area contributed by atoms with Crippen molar-refractivity contribution in [2.75, 3.05) is 26.6 Å². The number of nitro benzene ring substituents is 1. The molecule has 2 aromatic carbocycles. The van der Waals surface area contributed by atoms with E-state index in [-0.39, 0.29) is 11.3 Å². The standard InChI is InChI=1S/C17H18N2O6/c1-10-5-6-11(19(21)22)7-13(10)18-17(20)12-8-15(24-3)16(25-4)9-14(12)23-2/h5-9H,1-4H3,(H,18,20). The van der Waals surface area contributed by atoms with Gasteiger partial charge in [0.15, 0.2) is 11.5 Å². The normalized spacial score (nSPS) is 10.1. The van der Waals surface area contributed by atoms with Crippen molar-refractivity contribution in [2.45, 2.75) is 6.92 Å². The van der Waals surface area contributed by atoms with Gasteiger partial charge in [-0.2, -0.15) is 0 Å². The molecule has 2 rings (SSSR count). The fraction of sp³-hybridized carbons (Fsp3) is 0.235. The number of hydrogen-bond donors (Lipinski definition) is 1. The van der Waals surface area contributed by atoms with E-state index in [1.165, 1.54) is 45.6 Å². The number of carbonyl (C=O) groups is 1. The van der Waals surface area contributed by atoms with Gasteiger partial charge in [0, 0.05) is 24.3 Å². The number of non-ortho nitro benzene ring substituents is 1. The van der Waals surface area contributed by atoms with Gasteiger partial charge < -0.3 is 19.5 Å². The number of hydrogen-bond acceptors (Lipinski definition) is 6. The molecule has 0 atom stereocenters. The van der Waals surface area contributed by atoms with E-state index in [4.69, 9.17) is 14.2 Å². The Labute approximate surface area is 144 Å². The van der Waals surface area contributed by atoms with Crippen molar-refractivity contribution in [1.29, 1.82) is 0 Å². The largest absolute Gasteiger partial charge is 0.496 e. The average Bonchev–Trinajstić information content (AvgIpc) is 2.61. The first-order chi connectivity index (χ1) is 11.9. The van der Waals surface area contributed by atoms with Crippen molar-refractivity contribution in [3.63, 3.8) is 0 Å². The van der Waals surface area contributed by atoms with Crippen molar-refractivity contribution in [3.05, 3.63) is 51.6 Å². The third kappa shape index (κ3) is 3.79. The topological polar surface area (TPSA) is 99.9 Å². The van der Waals surface area contributed by atoms with Crippen LogP contribution in [0.25, 0.3) is 0 Å². The van der Waals surface area contributed by atoms with Gasteiger partial charge in [-0.3, -0.25) is 14.9 Å². The molecule has 0 aliphatic heterocycles. The van der Waals surface area contributed by atoms with E-state index in [0.717, 1.165) is 0 Å². The highest BCUT2D eigenvalue weighted by molar-refractivity contribution is 6.07. The SMILES string of the molecule is COc1cc(OC)c(C(=O)Nc2cc([N+](=O)[O-])ccc2C)cc1OC. The minimum atomic E-state index is -0.522. The Morgan fingerprint density at radius 2 is 1.60 bits per heavy atom. The van der Waals surface area contributed by atoms with E-state index in [0.29, 0.717) is 28.5 Å². The molecule has 0 aliphatic rings. The van der Waals surface area contributed by atoms with Crippen LogP contribution in [-0.4, -0.2) is 32.2 Å². The molecule has 8 heteroatoms. The summed E-state index contributed by atoms with van der Waals surface area (Å²) < 4.78 is 15.6. The molecule has 25 heavy (non-hydrogen) atoms. The average molecular weight is 346 g/mol. The number of nitrogens with one attached hydrogen (secondary N) is 1. The van der Waals surface area contributed by atoms with Gasteiger partial charge in [-0.25, -0.2) is 0 Å². The lowest BCUT2D eigenvalue weighted by Gasteiger charge is -2.14. The monoisotopic (exact) mass is 346 g/mol. The maximum Gasteiger partial charge on any atom is 0.271 e. The van der Waals surface area contributed by atoms with Gasteiger partial charge in [-0.15, -0.1) is 0 Å². The van der Waals surface area contributed by atoms with E-state index in [1.54, 1.807) is 13.0 Å². The van der Waals surface area contributed by atoms with Crippen molar-refractivity contribution < 1.29 is 23.9 Å². The second-order valence-electron chi connectivity index (χ2n) is 5.12. The molecule has 0 fully saturated rings. The van der Waals surface area contributed by atoms with Crippen molar-refractivity contribution in [3.8, 4) is 17.2 Å². The van der Waals surface area contributed by atoms with E-state index >= 15 is 0 Å². The van der Waals surface area contributed by atoms with Crippen molar-refractivity contribution in [1.82, 2.24) is 0 Å². The first-order valence-corrected chi connectivity index (χ1v) is 7.27. The Hall–Kier alpha value is -3.29. The Morgan fingerprint density at radius 1 is 1.00 bits per heavy atom. The van der Waals surface area contributed by atoms with Crippen LogP contribution < -0.4 is 19.5 Å². The van der Waals surface area contributed by atoms with Crippen LogP contribution in [-0.2, 0) is 0 Å². The summed E-state index contributed by atoms with van der Waals surface area (Å²) in [5, 5.41) is 13.6. The van der Waals surface area contributed by atoms with E-state index in [2.05, 4.69) is 5.32 Å². The number of methoxy groups -OCH3 is 3. The number of anilines is 1. The molecule has 0 bridgehead atoms. The number of amides is 1. The predicted molar refractivity (Wildman–Crippen MR) is 91.9 cm³/mol. The van der Waals surface area contributed by atoms with Gasteiger partial charge in [-0.1, -0.05) is 6.07 Å². The van der Waals surface area contributed by atoms with Crippen LogP contribution >= 0.6 is 0 Å². The van der Waals surface area contributed by atoms with E-state index in [9.17, 15) is 14.9 Å². The Kier molecular flexibility index (Phi) is 5.43. The molecule has 0 saturated heterocycles.